The average Bonchev–Trinajstić information content (AvgIpc) is 0.841. The molecule has 0 rings (SSSR count). The summed E-state index contributed by atoms with van der Waals surface area (Å²) in [5.74, 6) is -10.2. The van der Waals surface area contributed by atoms with Crippen LogP contribution < -0.4 is 0 Å². The van der Waals surface area contributed by atoms with Crippen LogP contribution in [-0.4, -0.2) is 198 Å². The van der Waals surface area contributed by atoms with Crippen molar-refractivity contribution < 1.29 is 102 Å². The van der Waals surface area contributed by atoms with Gasteiger partial charge in [-0.2, -0.15) is 0 Å². The standard InChI is InChI=1S/C117H219N3O21/c1-7-13-19-25-31-37-43-49-55-61-67-74-82-103(83-75-68-62-56-50-44-38-32-26-20-14-8-2)113(132)138-99-117(100-139-114(133)104(84-76-69-63-57-51-45-39-33-27-21-15-9-3)85-77-70-64-58-52-46-40-34-28-22-16-10-4,101-140-115(134)105(86-78-71-65-59-53-47-41-35-29-23-17-11-5)87-79-72-66-60-54-48-42-36-30-24-18-12-6)102-141-116(135)137-93-81-73-80-92-136-111(129)94-106(112(130)131)120(90-88-118(95-107(121)122)96-108(123)124)91-89-119(97-109(125)126)98-110(127)128/h103-106H,7-102H2,1-6H3,(H,121,122)(H,123,124)(H,125,126)(H,127,128)(H,130,131). The van der Waals surface area contributed by atoms with Gasteiger partial charge in [0.15, 0.2) is 0 Å². The maximum absolute atomic E-state index is 15.4. The molecule has 0 aliphatic heterocycles. The van der Waals surface area contributed by atoms with E-state index in [2.05, 4.69) is 41.5 Å². The van der Waals surface area contributed by atoms with Crippen LogP contribution in [0.3, 0.4) is 0 Å². The Kier molecular flexibility index (Phi) is 97.6. The Bertz CT molecular complexity index is 2580. The molecule has 1 unspecified atom stereocenters. The lowest BCUT2D eigenvalue weighted by atomic mass is 9.90. The van der Waals surface area contributed by atoms with Gasteiger partial charge in [-0.3, -0.25) is 57.9 Å². The number of ether oxygens (including phenoxy) is 6. The van der Waals surface area contributed by atoms with E-state index >= 15 is 14.4 Å². The van der Waals surface area contributed by atoms with E-state index in [4.69, 9.17) is 28.4 Å². The molecule has 0 aliphatic rings. The highest BCUT2D eigenvalue weighted by atomic mass is 16.7. The first-order valence-electron chi connectivity index (χ1n) is 59.3. The van der Waals surface area contributed by atoms with Crippen LogP contribution >= 0.6 is 0 Å². The molecular weight excluding hydrogens is 1780 g/mol. The SMILES string of the molecule is CCCCCCCCCCCCCCC(CCCCCCCCCCCCCC)C(=O)OCC(COC(=O)OCCCCCOC(=O)CC(C(=O)O)N(CCN(CC(=O)O)CC(=O)O)CCN(CC(=O)O)CC(=O)O)(COC(=O)C(CCCCCCCCCCCCCC)CCCCCCCCCCCCCC)COC(=O)C(CCCCCCCCCCCCCC)CCCCCCCCCCCCCC. The molecule has 0 amide bonds. The first-order chi connectivity index (χ1) is 68.6. The number of hydrogen-bond acceptors (Lipinski definition) is 19. The van der Waals surface area contributed by atoms with Crippen LogP contribution in [0, 0.1) is 23.2 Å². The molecule has 0 spiro atoms. The zero-order valence-electron chi connectivity index (χ0n) is 91.8. The lowest BCUT2D eigenvalue weighted by Gasteiger charge is -2.33. The Morgan fingerprint density at radius 2 is 0.404 bits per heavy atom. The van der Waals surface area contributed by atoms with Crippen molar-refractivity contribution in [3.8, 4) is 0 Å². The molecule has 0 heterocycles. The van der Waals surface area contributed by atoms with E-state index in [-0.39, 0.29) is 90.0 Å². The van der Waals surface area contributed by atoms with Crippen molar-refractivity contribution in [3.05, 3.63) is 0 Å². The van der Waals surface area contributed by atoms with Crippen molar-refractivity contribution in [2.45, 2.75) is 574 Å². The molecule has 1 atom stereocenters. The monoisotopic (exact) mass is 2000 g/mol. The lowest BCUT2D eigenvalue weighted by molar-refractivity contribution is -0.172. The normalized spacial score (nSPS) is 12.0. The summed E-state index contributed by atoms with van der Waals surface area (Å²) in [5, 5.41) is 48.6. The van der Waals surface area contributed by atoms with Gasteiger partial charge >= 0.3 is 59.9 Å². The first-order valence-corrected chi connectivity index (χ1v) is 59.3. The molecular formula is C117H219N3O21. The Balaban J connectivity index is 7.93. The van der Waals surface area contributed by atoms with Crippen LogP contribution in [0.5, 0.6) is 0 Å². The molecule has 24 heteroatoms. The zero-order valence-corrected chi connectivity index (χ0v) is 91.8. The topological polar surface area (TPSA) is 337 Å². The summed E-state index contributed by atoms with van der Waals surface area (Å²) >= 11 is 0. The van der Waals surface area contributed by atoms with Crippen LogP contribution in [0.1, 0.15) is 568 Å². The number of aliphatic carboxylic acids is 5. The number of unbranched alkanes of at least 4 members (excludes halogenated alkanes) is 68. The summed E-state index contributed by atoms with van der Waals surface area (Å²) in [7, 11) is 0. The predicted molar refractivity (Wildman–Crippen MR) is 573 cm³/mol. The van der Waals surface area contributed by atoms with Gasteiger partial charge in [0.25, 0.3) is 0 Å². The number of nitrogens with zero attached hydrogens (tertiary/aromatic N) is 3. The molecule has 0 aromatic carbocycles. The quantitative estimate of drug-likeness (QED) is 0.0214. The molecule has 0 saturated heterocycles. The van der Waals surface area contributed by atoms with E-state index in [1.165, 1.54) is 313 Å². The third-order valence-electron chi connectivity index (χ3n) is 28.7. The maximum Gasteiger partial charge on any atom is 0.508 e. The molecule has 5 N–H and O–H groups in total. The lowest BCUT2D eigenvalue weighted by Crippen LogP contribution is -2.50. The average molecular weight is 2000 g/mol. The number of carbonyl (C=O) groups is 10. The van der Waals surface area contributed by atoms with Gasteiger partial charge in [0.1, 0.15) is 37.9 Å². The van der Waals surface area contributed by atoms with Gasteiger partial charge in [-0.05, 0) is 57.8 Å². The molecule has 0 aliphatic carbocycles. The van der Waals surface area contributed by atoms with E-state index in [9.17, 15) is 59.1 Å². The van der Waals surface area contributed by atoms with Crippen molar-refractivity contribution in [3.63, 3.8) is 0 Å². The van der Waals surface area contributed by atoms with Crippen molar-refractivity contribution in [1.29, 1.82) is 0 Å². The highest BCUT2D eigenvalue weighted by Gasteiger charge is 2.41. The molecule has 0 aromatic rings. The minimum atomic E-state index is -1.64. The predicted octanol–water partition coefficient (Wildman–Crippen LogP) is 31.0. The second-order valence-electron chi connectivity index (χ2n) is 42.2. The highest BCUT2D eigenvalue weighted by Crippen LogP contribution is 2.32. The number of hydrogen-bond donors (Lipinski definition) is 5. The molecule has 0 aromatic heterocycles. The number of esters is 4. The molecule has 141 heavy (non-hydrogen) atoms. The van der Waals surface area contributed by atoms with E-state index in [1.54, 1.807) is 0 Å². The van der Waals surface area contributed by atoms with E-state index in [1.807, 2.05) is 0 Å². The second-order valence-corrected chi connectivity index (χ2v) is 42.2. The third kappa shape index (κ3) is 89.3. The molecule has 0 saturated carbocycles. The van der Waals surface area contributed by atoms with Crippen LogP contribution in [0.15, 0.2) is 0 Å². The zero-order chi connectivity index (χ0) is 103. The van der Waals surface area contributed by atoms with Crippen LogP contribution in [0.4, 0.5) is 4.79 Å². The summed E-state index contributed by atoms with van der Waals surface area (Å²) in [4.78, 5) is 137. The van der Waals surface area contributed by atoms with E-state index in [0.717, 1.165) is 164 Å². The maximum atomic E-state index is 15.4. The minimum absolute atomic E-state index is 0.143. The van der Waals surface area contributed by atoms with Gasteiger partial charge in [-0.15, -0.1) is 0 Å². The summed E-state index contributed by atoms with van der Waals surface area (Å²) < 4.78 is 37.5. The number of carbonyl (C=O) groups excluding carboxylic acids is 5. The van der Waals surface area contributed by atoms with Crippen molar-refractivity contribution in [2.75, 3.05) is 92.0 Å². The largest absolute Gasteiger partial charge is 0.508 e. The van der Waals surface area contributed by atoms with Crippen LogP contribution in [0.2, 0.25) is 0 Å². The molecule has 0 fully saturated rings. The smallest absolute Gasteiger partial charge is 0.480 e. The van der Waals surface area contributed by atoms with Gasteiger partial charge < -0.3 is 54.0 Å². The summed E-state index contributed by atoms with van der Waals surface area (Å²) in [6.45, 7) is 7.56. The number of carboxylic acids is 5. The Hall–Kier alpha value is -5.62. The van der Waals surface area contributed by atoms with Gasteiger partial charge in [0.2, 0.25) is 0 Å². The molecule has 24 nitrogen and oxygen atoms in total. The fraction of sp³-hybridized carbons (Fsp3) is 0.915. The van der Waals surface area contributed by atoms with E-state index in [0.29, 0.717) is 44.9 Å². The summed E-state index contributed by atoms with van der Waals surface area (Å²) in [6.07, 6.45) is 88.9. The van der Waals surface area contributed by atoms with Crippen LogP contribution in [0.25, 0.3) is 0 Å². The first kappa shape index (κ1) is 135. The minimum Gasteiger partial charge on any atom is -0.480 e. The molecule has 0 bridgehead atoms. The van der Waals surface area contributed by atoms with Gasteiger partial charge in [0.05, 0.1) is 63.6 Å². The van der Waals surface area contributed by atoms with Gasteiger partial charge in [-0.1, -0.05) is 504 Å². The Morgan fingerprint density at radius 1 is 0.220 bits per heavy atom. The highest BCUT2D eigenvalue weighted by molar-refractivity contribution is 5.81. The second kappa shape index (κ2) is 102. The van der Waals surface area contributed by atoms with Crippen molar-refractivity contribution >= 4 is 59.9 Å². The van der Waals surface area contributed by atoms with Crippen molar-refractivity contribution in [2.24, 2.45) is 23.2 Å². The fourth-order valence-corrected chi connectivity index (χ4v) is 19.5. The molecule has 0 radical (unpaired) electrons. The van der Waals surface area contributed by atoms with Crippen molar-refractivity contribution in [1.82, 2.24) is 14.7 Å². The van der Waals surface area contributed by atoms with E-state index < -0.39 is 110 Å². The van der Waals surface area contributed by atoms with Gasteiger partial charge in [-0.25, -0.2) is 4.79 Å². The van der Waals surface area contributed by atoms with Crippen LogP contribution in [-0.2, 0) is 71.6 Å². The Morgan fingerprint density at radius 3 is 0.603 bits per heavy atom. The third-order valence-corrected chi connectivity index (χ3v) is 28.7. The number of carboxylic acid groups (broad SMARTS) is 5. The molecule has 828 valence electrons. The van der Waals surface area contributed by atoms with Gasteiger partial charge in [0, 0.05) is 26.2 Å². The number of rotatable bonds is 113. The summed E-state index contributed by atoms with van der Waals surface area (Å²) in [6, 6.07) is -1.64. The summed E-state index contributed by atoms with van der Waals surface area (Å²) in [5.41, 5.74) is -1.56. The fourth-order valence-electron chi connectivity index (χ4n) is 19.5. The Labute approximate surface area is 861 Å².